The second kappa shape index (κ2) is 11.2. The van der Waals surface area contributed by atoms with Gasteiger partial charge in [-0.3, -0.25) is 4.79 Å². The van der Waals surface area contributed by atoms with Crippen molar-refractivity contribution in [2.75, 3.05) is 26.2 Å². The third kappa shape index (κ3) is 5.88. The zero-order valence-corrected chi connectivity index (χ0v) is 22.2. The summed E-state index contributed by atoms with van der Waals surface area (Å²) in [7, 11) is 4.93. The van der Waals surface area contributed by atoms with Crippen LogP contribution in [0.5, 0.6) is 5.75 Å². The number of alkyl carbamates (subject to hydrolysis) is 1. The van der Waals surface area contributed by atoms with Gasteiger partial charge in [-0.2, -0.15) is 0 Å². The van der Waals surface area contributed by atoms with Crippen LogP contribution < -0.4 is 15.0 Å². The molecule has 4 bridgehead atoms. The topological polar surface area (TPSA) is 89.6 Å². The van der Waals surface area contributed by atoms with Crippen molar-refractivity contribution in [1.29, 1.82) is 0 Å². The molecule has 5 unspecified atom stereocenters. The van der Waals surface area contributed by atoms with Crippen molar-refractivity contribution in [2.45, 2.75) is 70.0 Å². The summed E-state index contributed by atoms with van der Waals surface area (Å²) in [6.45, 7) is 4.06. The number of rotatable bonds is 2. The fourth-order valence-corrected chi connectivity index (χ4v) is 5.38. The Bertz CT molecular complexity index is 1060. The van der Waals surface area contributed by atoms with Gasteiger partial charge in [0.25, 0.3) is 0 Å². The second-order valence-corrected chi connectivity index (χ2v) is 10.2. The van der Waals surface area contributed by atoms with Crippen LogP contribution >= 0.6 is 11.6 Å². The summed E-state index contributed by atoms with van der Waals surface area (Å²) in [5.74, 6) is 0.472. The van der Waals surface area contributed by atoms with Gasteiger partial charge in [-0.1, -0.05) is 42.3 Å². The highest BCUT2D eigenvalue weighted by Gasteiger charge is 2.48. The fraction of sp³-hybridized carbons (Fsp3) is 0.556. The van der Waals surface area contributed by atoms with Crippen molar-refractivity contribution in [3.8, 4) is 5.75 Å². The molecular formula is C27H35ClN2O6. The monoisotopic (exact) mass is 518 g/mol. The van der Waals surface area contributed by atoms with Crippen LogP contribution in [0.1, 0.15) is 38.7 Å². The smallest absolute Gasteiger partial charge is 0.407 e. The molecular weight excluding hydrogens is 484 g/mol. The molecule has 6 atom stereocenters. The average molecular weight is 519 g/mol. The highest BCUT2D eigenvalue weighted by molar-refractivity contribution is 6.35. The number of halogens is 1. The number of anilines is 1. The van der Waals surface area contributed by atoms with Crippen LogP contribution in [0, 0.1) is 5.92 Å². The van der Waals surface area contributed by atoms with Crippen LogP contribution in [0.4, 0.5) is 10.5 Å². The van der Waals surface area contributed by atoms with Crippen molar-refractivity contribution < 1.29 is 28.5 Å². The molecule has 3 heterocycles. The van der Waals surface area contributed by atoms with Crippen molar-refractivity contribution in [3.05, 3.63) is 46.5 Å². The molecule has 36 heavy (non-hydrogen) atoms. The number of hydrogen-bond donors (Lipinski definition) is 1. The summed E-state index contributed by atoms with van der Waals surface area (Å²) in [6.07, 6.45) is 6.91. The molecule has 2 saturated heterocycles. The van der Waals surface area contributed by atoms with Crippen molar-refractivity contribution in [2.24, 2.45) is 5.92 Å². The van der Waals surface area contributed by atoms with Crippen molar-refractivity contribution >= 4 is 29.3 Å². The zero-order chi connectivity index (χ0) is 26.0. The first-order valence-corrected chi connectivity index (χ1v) is 12.7. The van der Waals surface area contributed by atoms with Gasteiger partial charge in [0.05, 0.1) is 37.2 Å². The number of fused-ring (bicyclic) bond motifs is 5. The number of nitrogens with zero attached hydrogens (tertiary/aromatic N) is 1. The first-order valence-electron chi connectivity index (χ1n) is 12.3. The number of carbonyl (C=O) groups excluding carboxylic acids is 2. The number of carbonyl (C=O) groups is 2. The molecule has 4 rings (SSSR count). The number of amides is 2. The molecule has 0 spiro atoms. The Balaban J connectivity index is 1.65. The number of ether oxygens (including phenoxy) is 4. The summed E-state index contributed by atoms with van der Waals surface area (Å²) < 4.78 is 22.7. The predicted molar refractivity (Wildman–Crippen MR) is 138 cm³/mol. The van der Waals surface area contributed by atoms with Crippen LogP contribution in [0.3, 0.4) is 0 Å². The lowest BCUT2D eigenvalue weighted by Gasteiger charge is -2.35. The van der Waals surface area contributed by atoms with Gasteiger partial charge in [-0.15, -0.1) is 0 Å². The van der Waals surface area contributed by atoms with E-state index in [1.807, 2.05) is 44.2 Å². The molecule has 1 N–H and O–H groups in total. The third-order valence-electron chi connectivity index (χ3n) is 7.29. The lowest BCUT2D eigenvalue weighted by Crippen LogP contribution is -2.53. The van der Waals surface area contributed by atoms with Gasteiger partial charge >= 0.3 is 6.09 Å². The highest BCUT2D eigenvalue weighted by atomic mass is 35.5. The van der Waals surface area contributed by atoms with Gasteiger partial charge in [-0.05, 0) is 37.5 Å². The van der Waals surface area contributed by atoms with Crippen LogP contribution in [0.25, 0.3) is 0 Å². The molecule has 2 fully saturated rings. The Morgan fingerprint density at radius 2 is 1.97 bits per heavy atom. The van der Waals surface area contributed by atoms with Gasteiger partial charge in [0.1, 0.15) is 16.9 Å². The molecule has 1 aromatic carbocycles. The number of methoxy groups -OCH3 is 2. The van der Waals surface area contributed by atoms with E-state index in [0.717, 1.165) is 11.1 Å². The second-order valence-electron chi connectivity index (χ2n) is 9.83. The Morgan fingerprint density at radius 3 is 2.69 bits per heavy atom. The molecule has 9 heteroatoms. The third-order valence-corrected chi connectivity index (χ3v) is 7.67. The van der Waals surface area contributed by atoms with Gasteiger partial charge in [0.2, 0.25) is 5.91 Å². The van der Waals surface area contributed by atoms with E-state index in [9.17, 15) is 9.59 Å². The van der Waals surface area contributed by atoms with Crippen LogP contribution in [-0.2, 0) is 25.4 Å². The summed E-state index contributed by atoms with van der Waals surface area (Å²) >= 11 is 6.59. The Morgan fingerprint density at radius 1 is 1.19 bits per heavy atom. The van der Waals surface area contributed by atoms with E-state index in [4.69, 9.17) is 30.5 Å². The van der Waals surface area contributed by atoms with Gasteiger partial charge < -0.3 is 29.2 Å². The number of epoxide rings is 1. The van der Waals surface area contributed by atoms with E-state index in [-0.39, 0.29) is 42.3 Å². The number of allylic oxidation sites excluding steroid dienone is 3. The maximum atomic E-state index is 13.1. The van der Waals surface area contributed by atoms with Gasteiger partial charge in [0, 0.05) is 32.9 Å². The number of nitrogens with one attached hydrogen (secondary N) is 1. The lowest BCUT2D eigenvalue weighted by molar-refractivity contribution is -0.118. The van der Waals surface area contributed by atoms with E-state index in [2.05, 4.69) is 5.32 Å². The highest BCUT2D eigenvalue weighted by Crippen LogP contribution is 2.39. The van der Waals surface area contributed by atoms with Crippen molar-refractivity contribution in [1.82, 2.24) is 5.32 Å². The molecule has 196 valence electrons. The predicted octanol–water partition coefficient (Wildman–Crippen LogP) is 4.44. The van der Waals surface area contributed by atoms with E-state index in [1.54, 1.807) is 26.2 Å². The molecule has 3 aliphatic heterocycles. The summed E-state index contributed by atoms with van der Waals surface area (Å²) in [5.41, 5.74) is 2.70. The van der Waals surface area contributed by atoms with E-state index in [0.29, 0.717) is 42.1 Å². The summed E-state index contributed by atoms with van der Waals surface area (Å²) in [5, 5.41) is 3.30. The minimum Gasteiger partial charge on any atom is -0.495 e. The normalized spacial score (nSPS) is 33.5. The van der Waals surface area contributed by atoms with E-state index < -0.39 is 6.09 Å². The fourth-order valence-electron chi connectivity index (χ4n) is 5.07. The molecule has 8 nitrogen and oxygen atoms in total. The number of benzene rings is 1. The molecule has 0 radical (unpaired) electrons. The van der Waals surface area contributed by atoms with Gasteiger partial charge in [-0.25, -0.2) is 4.79 Å². The Labute approximate surface area is 217 Å². The maximum absolute atomic E-state index is 13.1. The number of hydrogen-bond acceptors (Lipinski definition) is 6. The SMILES string of the molecule is COc1cc2cc(c1Cl)N(C)C(=O)CCC1OC1C(C)C1CC(NC(=O)O1)[C@H](OC)/C=C/C=C(\C)C2. The average Bonchev–Trinajstić information content (AvgIpc) is 3.64. The quantitative estimate of drug-likeness (QED) is 0.582. The maximum Gasteiger partial charge on any atom is 0.407 e. The molecule has 2 amide bonds. The van der Waals surface area contributed by atoms with Crippen LogP contribution in [0.15, 0.2) is 35.9 Å². The summed E-state index contributed by atoms with van der Waals surface area (Å²) in [6, 6.07) is 3.61. The first-order chi connectivity index (χ1) is 17.2. The van der Waals surface area contributed by atoms with Crippen molar-refractivity contribution in [3.63, 3.8) is 0 Å². The molecule has 1 aromatic rings. The Kier molecular flexibility index (Phi) is 8.27. The standard InChI is InChI=1S/C27H35ClN2O6/c1-15-7-6-8-20(33-4)18-14-22(36-27(32)29-18)16(2)26-21(35-26)9-10-24(31)30(3)19-12-17(11-15)13-23(34-5)25(19)28/h6-8,12-13,16,18,20-22,26H,9-11,14H2,1-5H3,(H,29,32)/b8-6+,15-7+/t16?,18?,20-,21?,22?,26?/m1/s1. The lowest BCUT2D eigenvalue weighted by atomic mass is 9.90. The molecule has 3 aliphatic rings. The summed E-state index contributed by atoms with van der Waals surface area (Å²) in [4.78, 5) is 27.0. The van der Waals surface area contributed by atoms with Crippen LogP contribution in [-0.4, -0.2) is 63.7 Å². The molecule has 0 aliphatic carbocycles. The van der Waals surface area contributed by atoms with E-state index in [1.165, 1.54) is 0 Å². The molecule has 0 aromatic heterocycles. The zero-order valence-electron chi connectivity index (χ0n) is 21.5. The van der Waals surface area contributed by atoms with E-state index >= 15 is 0 Å². The minimum atomic E-state index is -0.449. The molecule has 0 saturated carbocycles. The minimum absolute atomic E-state index is 0.00233. The van der Waals surface area contributed by atoms with Gasteiger partial charge in [0.15, 0.2) is 0 Å². The largest absolute Gasteiger partial charge is 0.495 e. The Hall–Kier alpha value is -2.55. The first kappa shape index (κ1) is 26.5. The van der Waals surface area contributed by atoms with Crippen LogP contribution in [0.2, 0.25) is 5.02 Å².